The number of carbonyl (C=O) groups excluding carboxylic acids is 1. The summed E-state index contributed by atoms with van der Waals surface area (Å²) in [6, 6.07) is 8.25. The van der Waals surface area contributed by atoms with Gasteiger partial charge in [0, 0.05) is 40.6 Å². The fourth-order valence-corrected chi connectivity index (χ4v) is 3.05. The van der Waals surface area contributed by atoms with Crippen LogP contribution in [0.4, 0.5) is 11.5 Å². The maximum atomic E-state index is 12.4. The highest BCUT2D eigenvalue weighted by Gasteiger charge is 2.15. The maximum Gasteiger partial charge on any atom is 0.255 e. The van der Waals surface area contributed by atoms with Crippen LogP contribution in [0.25, 0.3) is 0 Å². The summed E-state index contributed by atoms with van der Waals surface area (Å²) >= 11 is 11.9. The van der Waals surface area contributed by atoms with Crippen LogP contribution in [0.15, 0.2) is 36.5 Å². The lowest BCUT2D eigenvalue weighted by atomic mass is 10.2. The second-order valence-electron chi connectivity index (χ2n) is 5.56. The molecule has 0 bridgehead atoms. The average Bonchev–Trinajstić information content (AvgIpc) is 3.05. The molecule has 5 nitrogen and oxygen atoms in total. The number of anilines is 2. The molecule has 1 atom stereocenters. The van der Waals surface area contributed by atoms with Gasteiger partial charge in [-0.15, -0.1) is 0 Å². The van der Waals surface area contributed by atoms with Crippen molar-refractivity contribution in [2.75, 3.05) is 23.8 Å². The number of halogens is 2. The van der Waals surface area contributed by atoms with Crippen LogP contribution < -0.4 is 10.6 Å². The van der Waals surface area contributed by atoms with Gasteiger partial charge in [0.05, 0.1) is 6.10 Å². The molecule has 24 heavy (non-hydrogen) atoms. The van der Waals surface area contributed by atoms with E-state index in [2.05, 4.69) is 15.6 Å². The zero-order valence-electron chi connectivity index (χ0n) is 12.9. The van der Waals surface area contributed by atoms with Gasteiger partial charge >= 0.3 is 0 Å². The molecule has 126 valence electrons. The Morgan fingerprint density at radius 2 is 2.04 bits per heavy atom. The molecule has 1 aromatic heterocycles. The largest absolute Gasteiger partial charge is 0.376 e. The molecular weight excluding hydrogens is 349 g/mol. The van der Waals surface area contributed by atoms with E-state index in [1.807, 2.05) is 0 Å². The SMILES string of the molecule is O=C(Nc1cc(Cl)cc(Cl)c1)c1ccnc(NCC2CCCO2)c1. The van der Waals surface area contributed by atoms with E-state index >= 15 is 0 Å². The van der Waals surface area contributed by atoms with Crippen LogP contribution in [-0.4, -0.2) is 30.1 Å². The predicted molar refractivity (Wildman–Crippen MR) is 96.1 cm³/mol. The van der Waals surface area contributed by atoms with E-state index in [1.54, 1.807) is 36.5 Å². The van der Waals surface area contributed by atoms with Gasteiger partial charge in [0.1, 0.15) is 5.82 Å². The number of benzene rings is 1. The molecule has 3 rings (SSSR count). The van der Waals surface area contributed by atoms with Crippen LogP contribution in [0.3, 0.4) is 0 Å². The summed E-state index contributed by atoms with van der Waals surface area (Å²) in [5, 5.41) is 6.91. The quantitative estimate of drug-likeness (QED) is 0.831. The molecule has 0 saturated carbocycles. The van der Waals surface area contributed by atoms with Crippen LogP contribution in [0.1, 0.15) is 23.2 Å². The molecule has 1 saturated heterocycles. The molecule has 1 aromatic carbocycles. The molecule has 1 aliphatic rings. The number of rotatable bonds is 5. The highest BCUT2D eigenvalue weighted by atomic mass is 35.5. The zero-order chi connectivity index (χ0) is 16.9. The molecule has 0 radical (unpaired) electrons. The van der Waals surface area contributed by atoms with Gasteiger partial charge in [-0.1, -0.05) is 23.2 Å². The topological polar surface area (TPSA) is 63.2 Å². The Morgan fingerprint density at radius 3 is 2.75 bits per heavy atom. The number of hydrogen-bond acceptors (Lipinski definition) is 4. The molecule has 2 N–H and O–H groups in total. The summed E-state index contributed by atoms with van der Waals surface area (Å²) in [7, 11) is 0. The molecule has 0 spiro atoms. The third-order valence-corrected chi connectivity index (χ3v) is 4.11. The summed E-state index contributed by atoms with van der Waals surface area (Å²) in [6.07, 6.45) is 3.93. The Labute approximate surface area is 150 Å². The number of ether oxygens (including phenoxy) is 1. The van der Waals surface area contributed by atoms with Crippen molar-refractivity contribution >= 4 is 40.6 Å². The molecule has 2 heterocycles. The molecular formula is C17H17Cl2N3O2. The number of amides is 1. The standard InChI is InChI=1S/C17H17Cl2N3O2/c18-12-7-13(19)9-14(8-12)22-17(23)11-3-4-20-16(6-11)21-10-15-2-1-5-24-15/h3-4,6-9,15H,1-2,5,10H2,(H,20,21)(H,22,23). The molecule has 1 aliphatic heterocycles. The fraction of sp³-hybridized carbons (Fsp3) is 0.294. The minimum Gasteiger partial charge on any atom is -0.376 e. The first-order valence-electron chi connectivity index (χ1n) is 7.69. The molecule has 7 heteroatoms. The van der Waals surface area contributed by atoms with E-state index in [4.69, 9.17) is 27.9 Å². The lowest BCUT2D eigenvalue weighted by molar-refractivity contribution is 0.102. The molecule has 1 fully saturated rings. The molecule has 2 aromatic rings. The van der Waals surface area contributed by atoms with Crippen LogP contribution in [-0.2, 0) is 4.74 Å². The van der Waals surface area contributed by atoms with E-state index in [0.29, 0.717) is 33.7 Å². The summed E-state index contributed by atoms with van der Waals surface area (Å²) < 4.78 is 5.56. The Hall–Kier alpha value is -1.82. The van der Waals surface area contributed by atoms with Crippen molar-refractivity contribution in [2.45, 2.75) is 18.9 Å². The number of pyridine rings is 1. The first-order chi connectivity index (χ1) is 11.6. The van der Waals surface area contributed by atoms with Crippen LogP contribution in [0.2, 0.25) is 10.0 Å². The van der Waals surface area contributed by atoms with E-state index in [-0.39, 0.29) is 12.0 Å². The van der Waals surface area contributed by atoms with E-state index in [9.17, 15) is 4.79 Å². The van der Waals surface area contributed by atoms with Crippen LogP contribution in [0.5, 0.6) is 0 Å². The van der Waals surface area contributed by atoms with E-state index in [1.165, 1.54) is 0 Å². The predicted octanol–water partition coefficient (Wildman–Crippen LogP) is 4.23. The smallest absolute Gasteiger partial charge is 0.255 e. The van der Waals surface area contributed by atoms with Gasteiger partial charge in [0.2, 0.25) is 0 Å². The van der Waals surface area contributed by atoms with Gasteiger partial charge in [-0.2, -0.15) is 0 Å². The third-order valence-electron chi connectivity index (χ3n) is 3.68. The second kappa shape index (κ2) is 7.83. The molecule has 1 unspecified atom stereocenters. The van der Waals surface area contributed by atoms with Gasteiger partial charge in [0.15, 0.2) is 0 Å². The van der Waals surface area contributed by atoms with Gasteiger partial charge in [-0.25, -0.2) is 4.98 Å². The highest BCUT2D eigenvalue weighted by Crippen LogP contribution is 2.23. The first-order valence-corrected chi connectivity index (χ1v) is 8.45. The summed E-state index contributed by atoms with van der Waals surface area (Å²) in [5.41, 5.74) is 1.04. The van der Waals surface area contributed by atoms with Crippen LogP contribution >= 0.6 is 23.2 Å². The number of aromatic nitrogens is 1. The first kappa shape index (κ1) is 17.0. The lowest BCUT2D eigenvalue weighted by Crippen LogP contribution is -2.19. The average molecular weight is 366 g/mol. The molecule has 1 amide bonds. The van der Waals surface area contributed by atoms with Gasteiger partial charge in [-0.3, -0.25) is 4.79 Å². The van der Waals surface area contributed by atoms with Crippen molar-refractivity contribution in [1.29, 1.82) is 0 Å². The Morgan fingerprint density at radius 1 is 1.25 bits per heavy atom. The van der Waals surface area contributed by atoms with Crippen molar-refractivity contribution in [3.63, 3.8) is 0 Å². The van der Waals surface area contributed by atoms with Gasteiger partial charge in [-0.05, 0) is 43.2 Å². The zero-order valence-corrected chi connectivity index (χ0v) is 14.4. The Balaban J connectivity index is 1.64. The van der Waals surface area contributed by atoms with E-state index < -0.39 is 0 Å². The van der Waals surface area contributed by atoms with Gasteiger partial charge < -0.3 is 15.4 Å². The Kier molecular flexibility index (Phi) is 5.56. The van der Waals surface area contributed by atoms with Crippen molar-refractivity contribution in [3.8, 4) is 0 Å². The number of carbonyl (C=O) groups is 1. The monoisotopic (exact) mass is 365 g/mol. The third kappa shape index (κ3) is 4.60. The highest BCUT2D eigenvalue weighted by molar-refractivity contribution is 6.35. The van der Waals surface area contributed by atoms with Crippen molar-refractivity contribution in [2.24, 2.45) is 0 Å². The summed E-state index contributed by atoms with van der Waals surface area (Å²) in [6.45, 7) is 1.49. The molecule has 0 aliphatic carbocycles. The fourth-order valence-electron chi connectivity index (χ4n) is 2.52. The van der Waals surface area contributed by atoms with E-state index in [0.717, 1.165) is 19.4 Å². The summed E-state index contributed by atoms with van der Waals surface area (Å²) in [4.78, 5) is 16.6. The lowest BCUT2D eigenvalue weighted by Gasteiger charge is -2.12. The van der Waals surface area contributed by atoms with Crippen molar-refractivity contribution in [3.05, 3.63) is 52.1 Å². The Bertz CT molecular complexity index is 713. The summed E-state index contributed by atoms with van der Waals surface area (Å²) in [5.74, 6) is 0.387. The van der Waals surface area contributed by atoms with Crippen molar-refractivity contribution < 1.29 is 9.53 Å². The van der Waals surface area contributed by atoms with Gasteiger partial charge in [0.25, 0.3) is 5.91 Å². The number of hydrogen-bond donors (Lipinski definition) is 2. The van der Waals surface area contributed by atoms with Crippen LogP contribution in [0, 0.1) is 0 Å². The van der Waals surface area contributed by atoms with Crippen molar-refractivity contribution in [1.82, 2.24) is 4.98 Å². The minimum atomic E-state index is -0.254. The maximum absolute atomic E-state index is 12.4. The minimum absolute atomic E-state index is 0.206. The number of nitrogens with one attached hydrogen (secondary N) is 2. The second-order valence-corrected chi connectivity index (χ2v) is 6.43. The number of nitrogens with zero attached hydrogens (tertiary/aromatic N) is 1. The normalized spacial score (nSPS) is 16.8.